The van der Waals surface area contributed by atoms with Crippen molar-refractivity contribution < 1.29 is 22.7 Å². The zero-order valence-electron chi connectivity index (χ0n) is 29.7. The molecule has 3 fully saturated rings. The number of hydrogen-bond donors (Lipinski definition) is 1. The smallest absolute Gasteiger partial charge is 0.330 e. The van der Waals surface area contributed by atoms with Crippen LogP contribution >= 0.6 is 34.5 Å². The first-order valence-corrected chi connectivity index (χ1v) is 19.3. The van der Waals surface area contributed by atoms with E-state index < -0.39 is 23.3 Å². The van der Waals surface area contributed by atoms with Crippen LogP contribution in [0.5, 0.6) is 6.01 Å². The zero-order chi connectivity index (χ0) is 38.2. The number of carbonyl (C=O) groups excluding carboxylic acids is 1. The molecule has 1 amide bonds. The van der Waals surface area contributed by atoms with Gasteiger partial charge >= 0.3 is 12.0 Å². The average molecular weight is 799 g/mol. The number of ether oxygens (including phenoxy) is 1. The largest absolute Gasteiger partial charge is 0.461 e. The van der Waals surface area contributed by atoms with Crippen LogP contribution in [-0.2, 0) is 0 Å². The van der Waals surface area contributed by atoms with Crippen molar-refractivity contribution in [1.82, 2.24) is 29.3 Å². The van der Waals surface area contributed by atoms with Crippen LogP contribution in [0.15, 0.2) is 24.4 Å². The minimum absolute atomic E-state index is 0.0158. The maximum Gasteiger partial charge on any atom is 0.330 e. The summed E-state index contributed by atoms with van der Waals surface area (Å²) in [6.45, 7) is 7.64. The van der Waals surface area contributed by atoms with Gasteiger partial charge in [0.2, 0.25) is 5.28 Å². The molecule has 8 rings (SSSR count). The summed E-state index contributed by atoms with van der Waals surface area (Å²) in [5.74, 6) is -1.09. The first kappa shape index (κ1) is 36.6. The second-order valence-electron chi connectivity index (χ2n) is 14.3. The number of halogens is 5. The third-order valence-corrected chi connectivity index (χ3v) is 12.8. The number of nitrogen functional groups attached to an aromatic ring is 1. The number of nitrogens with zero attached hydrogens (tertiary/aromatic N) is 8. The van der Waals surface area contributed by atoms with Gasteiger partial charge in [-0.2, -0.15) is 15.2 Å². The maximum atomic E-state index is 17.3. The molecule has 5 aromatic rings. The zero-order valence-corrected chi connectivity index (χ0v) is 32.0. The van der Waals surface area contributed by atoms with Crippen molar-refractivity contribution in [2.24, 2.45) is 0 Å². The number of fused-ring (bicyclic) bond motifs is 3. The van der Waals surface area contributed by atoms with Gasteiger partial charge in [0.25, 0.3) is 0 Å². The molecule has 4 atom stereocenters. The number of carbonyl (C=O) groups is 1. The number of rotatable bonds is 7. The predicted molar refractivity (Wildman–Crippen MR) is 203 cm³/mol. The monoisotopic (exact) mass is 797 g/mol. The minimum atomic E-state index is -0.979. The number of hydrogen-bond acceptors (Lipinski definition) is 10. The summed E-state index contributed by atoms with van der Waals surface area (Å²) in [5.41, 5.74) is 6.20. The Kier molecular flexibility index (Phi) is 9.31. The number of aryl methyl sites for hydroxylation is 1. The van der Waals surface area contributed by atoms with Gasteiger partial charge in [0.1, 0.15) is 41.0 Å². The minimum Gasteiger partial charge on any atom is -0.461 e. The van der Waals surface area contributed by atoms with E-state index in [0.29, 0.717) is 44.0 Å². The third kappa shape index (κ3) is 5.80. The topological polar surface area (TPSA) is 129 Å². The maximum absolute atomic E-state index is 17.3. The molecule has 3 aromatic heterocycles. The summed E-state index contributed by atoms with van der Waals surface area (Å²) in [6, 6.07) is 5.12. The lowest BCUT2D eigenvalue weighted by Gasteiger charge is -2.35. The highest BCUT2D eigenvalue weighted by Crippen LogP contribution is 2.46. The number of anilines is 2. The molecule has 54 heavy (non-hydrogen) atoms. The molecule has 3 aliphatic heterocycles. The fourth-order valence-corrected chi connectivity index (χ4v) is 10.2. The molecule has 2 aromatic carbocycles. The van der Waals surface area contributed by atoms with E-state index in [1.807, 2.05) is 24.8 Å². The number of likely N-dealkylation sites (N-methyl/N-ethyl adjacent to an activating group) is 1. The Morgan fingerprint density at radius 2 is 2.04 bits per heavy atom. The number of thiophene rings is 1. The number of nitrogens with two attached hydrogens (primary N) is 1. The van der Waals surface area contributed by atoms with Crippen molar-refractivity contribution in [2.75, 3.05) is 43.4 Å². The van der Waals surface area contributed by atoms with Gasteiger partial charge < -0.3 is 20.3 Å². The lowest BCUT2D eigenvalue weighted by atomic mass is 9.95. The molecule has 0 radical (unpaired) electrons. The third-order valence-electron chi connectivity index (χ3n) is 11.2. The SMILES string of the molecule is CCN(c1nc(OC[C@@]23CCCN2C[C@H](F)C3)nc2c(F)c(-c3ccc(F)c4sc(N)c(C#N)c34)c(Cl)cc12)[C@@H]1CCN(C(=O)n2cc(C)nc2Cl)[C@@H]1C. The van der Waals surface area contributed by atoms with Crippen LogP contribution < -0.4 is 15.4 Å². The number of amides is 1. The fraction of sp³-hybridized carbons (Fsp3) is 0.432. The fourth-order valence-electron chi connectivity index (χ4n) is 8.74. The second kappa shape index (κ2) is 13.7. The summed E-state index contributed by atoms with van der Waals surface area (Å²) in [4.78, 5) is 33.1. The van der Waals surface area contributed by atoms with Crippen LogP contribution in [0.25, 0.3) is 32.1 Å². The standard InChI is InChI=1S/C37H36Cl2F3N9O2S/c1-4-49(26-8-11-50(19(26)3)36(52)51-15-18(2)45-34(51)39)33-22-12-24(38)28(21-6-7-25(41)31-27(21)23(14-43)32(44)54-31)29(42)30(22)46-35(47-33)53-17-37-9-5-10-48(37)16-20(40)13-37/h6-7,12,15,19-20,26H,4-5,8-11,13,16-17,44H2,1-3H3/t19-,20-,26-,37+/m1/s1. The van der Waals surface area contributed by atoms with Gasteiger partial charge in [0.15, 0.2) is 5.82 Å². The van der Waals surface area contributed by atoms with Gasteiger partial charge in [-0.05, 0) is 75.9 Å². The lowest BCUT2D eigenvalue weighted by molar-refractivity contribution is 0.107. The van der Waals surface area contributed by atoms with Gasteiger partial charge in [-0.3, -0.25) is 4.90 Å². The van der Waals surface area contributed by atoms with E-state index in [0.717, 1.165) is 30.7 Å². The molecule has 282 valence electrons. The quantitative estimate of drug-likeness (QED) is 0.174. The van der Waals surface area contributed by atoms with Gasteiger partial charge in [-0.1, -0.05) is 17.7 Å². The van der Waals surface area contributed by atoms with Crippen molar-refractivity contribution in [3.8, 4) is 23.2 Å². The molecule has 0 bridgehead atoms. The van der Waals surface area contributed by atoms with E-state index in [4.69, 9.17) is 38.7 Å². The molecule has 0 saturated carbocycles. The molecule has 0 unspecified atom stereocenters. The number of alkyl halides is 1. The predicted octanol–water partition coefficient (Wildman–Crippen LogP) is 7.97. The van der Waals surface area contributed by atoms with Crippen LogP contribution in [0.2, 0.25) is 10.3 Å². The normalized spacial score (nSPS) is 22.7. The van der Waals surface area contributed by atoms with Gasteiger partial charge in [0.05, 0.1) is 38.6 Å². The molecular weight excluding hydrogens is 762 g/mol. The van der Waals surface area contributed by atoms with Crippen molar-refractivity contribution in [3.05, 3.63) is 57.6 Å². The Balaban J connectivity index is 1.26. The molecule has 3 aliphatic rings. The van der Waals surface area contributed by atoms with Gasteiger partial charge in [-0.15, -0.1) is 11.3 Å². The summed E-state index contributed by atoms with van der Waals surface area (Å²) < 4.78 is 54.7. The number of aromatic nitrogens is 4. The summed E-state index contributed by atoms with van der Waals surface area (Å²) in [7, 11) is 0. The summed E-state index contributed by atoms with van der Waals surface area (Å²) in [5, 5.41) is 10.5. The molecule has 6 heterocycles. The highest BCUT2D eigenvalue weighted by atomic mass is 35.5. The Morgan fingerprint density at radius 1 is 1.24 bits per heavy atom. The molecule has 3 saturated heterocycles. The Morgan fingerprint density at radius 3 is 2.76 bits per heavy atom. The van der Waals surface area contributed by atoms with Crippen LogP contribution in [0, 0.1) is 29.9 Å². The molecule has 17 heteroatoms. The first-order chi connectivity index (χ1) is 25.8. The number of nitriles is 1. The number of benzene rings is 2. The average Bonchev–Trinajstić information content (AvgIpc) is 3.94. The van der Waals surface area contributed by atoms with Crippen LogP contribution in [-0.4, -0.2) is 91.9 Å². The highest BCUT2D eigenvalue weighted by Gasteiger charge is 2.49. The number of likely N-dealkylation sites (tertiary alicyclic amines) is 1. The van der Waals surface area contributed by atoms with Crippen molar-refractivity contribution in [1.29, 1.82) is 5.26 Å². The summed E-state index contributed by atoms with van der Waals surface area (Å²) >= 11 is 14.1. The van der Waals surface area contributed by atoms with Gasteiger partial charge in [-0.25, -0.2) is 27.5 Å². The van der Waals surface area contributed by atoms with Crippen LogP contribution in [0.1, 0.15) is 50.8 Å². The number of imidazole rings is 1. The van der Waals surface area contributed by atoms with E-state index in [2.05, 4.69) is 14.9 Å². The molecular formula is C37H36Cl2F3N9O2S. The van der Waals surface area contributed by atoms with Crippen molar-refractivity contribution in [3.63, 3.8) is 0 Å². The Labute approximate surface area is 323 Å². The van der Waals surface area contributed by atoms with Crippen molar-refractivity contribution >= 4 is 72.4 Å². The molecule has 11 nitrogen and oxygen atoms in total. The van der Waals surface area contributed by atoms with E-state index in [1.54, 1.807) is 24.1 Å². The highest BCUT2D eigenvalue weighted by molar-refractivity contribution is 7.23. The van der Waals surface area contributed by atoms with E-state index in [-0.39, 0.29) is 83.7 Å². The Bertz CT molecular complexity index is 2380. The Hall–Kier alpha value is -4.36. The van der Waals surface area contributed by atoms with Crippen LogP contribution in [0.3, 0.4) is 0 Å². The van der Waals surface area contributed by atoms with E-state index in [9.17, 15) is 14.4 Å². The summed E-state index contributed by atoms with van der Waals surface area (Å²) in [6.07, 6.45) is 3.14. The first-order valence-electron chi connectivity index (χ1n) is 17.8. The molecule has 0 spiro atoms. The van der Waals surface area contributed by atoms with Crippen molar-refractivity contribution in [2.45, 2.75) is 70.2 Å². The van der Waals surface area contributed by atoms with E-state index >= 15 is 8.78 Å². The molecule has 0 aliphatic carbocycles. The van der Waals surface area contributed by atoms with E-state index in [1.165, 1.54) is 16.7 Å². The molecule has 2 N–H and O–H groups in total. The van der Waals surface area contributed by atoms with Gasteiger partial charge in [0, 0.05) is 48.6 Å². The second-order valence-corrected chi connectivity index (χ2v) is 16.1. The lowest BCUT2D eigenvalue weighted by Crippen LogP contribution is -2.47. The van der Waals surface area contributed by atoms with Crippen LogP contribution in [0.4, 0.5) is 28.8 Å².